The number of nitrogens with zero attached hydrogens (tertiary/aromatic N) is 2. The molecule has 0 bridgehead atoms. The molecule has 1 saturated heterocycles. The van der Waals surface area contributed by atoms with Crippen LogP contribution in [0.5, 0.6) is 0 Å². The van der Waals surface area contributed by atoms with Gasteiger partial charge in [0.05, 0.1) is 11.2 Å². The summed E-state index contributed by atoms with van der Waals surface area (Å²) in [7, 11) is 1.73. The van der Waals surface area contributed by atoms with E-state index in [0.717, 1.165) is 10.9 Å². The Balaban J connectivity index is 2.31. The summed E-state index contributed by atoms with van der Waals surface area (Å²) in [5.41, 5.74) is 5.84. The Morgan fingerprint density at radius 2 is 2.11 bits per heavy atom. The van der Waals surface area contributed by atoms with Crippen molar-refractivity contribution in [3.05, 3.63) is 30.0 Å². The molecule has 1 fully saturated rings. The number of rotatable bonds is 2. The molecule has 1 atom stereocenters. The molecule has 1 aromatic carbocycles. The molecule has 0 aliphatic carbocycles. The molecular formula is C12H13N5O2. The molecule has 98 valence electrons. The highest BCUT2D eigenvalue weighted by Crippen LogP contribution is 2.30. The normalized spacial score (nSPS) is 22.6. The van der Waals surface area contributed by atoms with E-state index in [9.17, 15) is 9.59 Å². The van der Waals surface area contributed by atoms with Gasteiger partial charge < -0.3 is 11.1 Å². The third-order valence-corrected chi connectivity index (χ3v) is 3.39. The van der Waals surface area contributed by atoms with Crippen LogP contribution in [0.2, 0.25) is 0 Å². The van der Waals surface area contributed by atoms with Crippen LogP contribution in [0.15, 0.2) is 24.3 Å². The van der Waals surface area contributed by atoms with Crippen molar-refractivity contribution in [2.75, 3.05) is 6.54 Å². The van der Waals surface area contributed by atoms with Crippen LogP contribution in [0, 0.1) is 0 Å². The number of urea groups is 1. The number of hydrogen-bond acceptors (Lipinski definition) is 4. The summed E-state index contributed by atoms with van der Waals surface area (Å²) in [6.07, 6.45) is 0. The van der Waals surface area contributed by atoms with Gasteiger partial charge in [-0.05, 0) is 6.07 Å². The van der Waals surface area contributed by atoms with Crippen LogP contribution >= 0.6 is 0 Å². The monoisotopic (exact) mass is 259 g/mol. The van der Waals surface area contributed by atoms with E-state index in [2.05, 4.69) is 15.7 Å². The summed E-state index contributed by atoms with van der Waals surface area (Å²) in [5, 5.41) is 9.98. The Morgan fingerprint density at radius 1 is 1.37 bits per heavy atom. The second-order valence-corrected chi connectivity index (χ2v) is 4.51. The van der Waals surface area contributed by atoms with E-state index in [0.29, 0.717) is 5.69 Å². The molecule has 4 N–H and O–H groups in total. The predicted molar refractivity (Wildman–Crippen MR) is 68.1 cm³/mol. The van der Waals surface area contributed by atoms with Crippen molar-refractivity contribution in [3.63, 3.8) is 0 Å². The fourth-order valence-electron chi connectivity index (χ4n) is 2.55. The summed E-state index contributed by atoms with van der Waals surface area (Å²) in [5.74, 6) is -0.450. The maximum atomic E-state index is 12.1. The minimum atomic E-state index is -1.26. The zero-order valence-corrected chi connectivity index (χ0v) is 10.3. The molecule has 1 aromatic heterocycles. The van der Waals surface area contributed by atoms with Crippen LogP contribution in [-0.2, 0) is 17.4 Å². The number of nitrogens with one attached hydrogen (secondary N) is 2. The van der Waals surface area contributed by atoms with E-state index in [-0.39, 0.29) is 6.54 Å². The molecule has 3 amide bonds. The summed E-state index contributed by atoms with van der Waals surface area (Å²) in [4.78, 5) is 23.6. The number of nitrogens with two attached hydrogens (primary N) is 1. The Labute approximate surface area is 108 Å². The molecule has 1 aliphatic heterocycles. The van der Waals surface area contributed by atoms with Crippen LogP contribution in [0.1, 0.15) is 5.69 Å². The zero-order chi connectivity index (χ0) is 13.6. The van der Waals surface area contributed by atoms with Crippen LogP contribution in [0.4, 0.5) is 4.79 Å². The van der Waals surface area contributed by atoms with E-state index in [1.807, 2.05) is 24.3 Å². The van der Waals surface area contributed by atoms with Crippen LogP contribution < -0.4 is 16.4 Å². The van der Waals surface area contributed by atoms with Gasteiger partial charge >= 0.3 is 6.03 Å². The molecule has 0 spiro atoms. The zero-order valence-electron chi connectivity index (χ0n) is 10.3. The van der Waals surface area contributed by atoms with E-state index in [4.69, 9.17) is 5.73 Å². The average Bonchev–Trinajstić information content (AvgIpc) is 2.86. The fourth-order valence-corrected chi connectivity index (χ4v) is 2.55. The summed E-state index contributed by atoms with van der Waals surface area (Å²) >= 11 is 0. The van der Waals surface area contributed by atoms with Gasteiger partial charge in [0, 0.05) is 19.0 Å². The quantitative estimate of drug-likeness (QED) is 0.637. The highest BCUT2D eigenvalue weighted by Gasteiger charge is 2.49. The maximum absolute atomic E-state index is 12.1. The molecule has 0 radical (unpaired) electrons. The second kappa shape index (κ2) is 3.79. The van der Waals surface area contributed by atoms with E-state index < -0.39 is 17.5 Å². The number of aromatic nitrogens is 2. The van der Waals surface area contributed by atoms with Crippen LogP contribution in [0.3, 0.4) is 0 Å². The van der Waals surface area contributed by atoms with E-state index in [1.54, 1.807) is 11.7 Å². The van der Waals surface area contributed by atoms with E-state index in [1.165, 1.54) is 0 Å². The maximum Gasteiger partial charge on any atom is 0.322 e. The first-order chi connectivity index (χ1) is 9.08. The smallest absolute Gasteiger partial charge is 0.322 e. The van der Waals surface area contributed by atoms with Crippen molar-refractivity contribution in [1.29, 1.82) is 0 Å². The van der Waals surface area contributed by atoms with Gasteiger partial charge in [0.1, 0.15) is 0 Å². The number of carbonyl (C=O) groups is 2. The highest BCUT2D eigenvalue weighted by molar-refractivity contribution is 6.09. The number of hydrogen-bond donors (Lipinski definition) is 3. The Morgan fingerprint density at radius 3 is 2.74 bits per heavy atom. The number of fused-ring (bicyclic) bond motifs is 1. The van der Waals surface area contributed by atoms with E-state index >= 15 is 0 Å². The van der Waals surface area contributed by atoms with Crippen molar-refractivity contribution in [3.8, 4) is 0 Å². The SMILES string of the molecule is Cn1nc2ccccc2c1[C@@]1(CN)NC(=O)NC1=O. The molecule has 0 saturated carbocycles. The van der Waals surface area contributed by atoms with Crippen LogP contribution in [-0.4, -0.2) is 28.3 Å². The van der Waals surface area contributed by atoms with Gasteiger partial charge in [-0.3, -0.25) is 14.8 Å². The third kappa shape index (κ3) is 1.45. The predicted octanol–water partition coefficient (Wildman–Crippen LogP) is -0.433. The van der Waals surface area contributed by atoms with Crippen molar-refractivity contribution in [2.45, 2.75) is 5.54 Å². The third-order valence-electron chi connectivity index (χ3n) is 3.39. The minimum Gasteiger partial charge on any atom is -0.327 e. The van der Waals surface area contributed by atoms with Gasteiger partial charge in [0.15, 0.2) is 5.54 Å². The number of benzene rings is 1. The lowest BCUT2D eigenvalue weighted by molar-refractivity contribution is -0.124. The lowest BCUT2D eigenvalue weighted by Crippen LogP contribution is -2.51. The number of carbonyl (C=O) groups excluding carboxylic acids is 2. The number of imide groups is 1. The van der Waals surface area contributed by atoms with Crippen molar-refractivity contribution < 1.29 is 9.59 Å². The number of amides is 3. The molecule has 3 rings (SSSR count). The van der Waals surface area contributed by atoms with Gasteiger partial charge in [0.25, 0.3) is 5.91 Å². The fraction of sp³-hybridized carbons (Fsp3) is 0.250. The van der Waals surface area contributed by atoms with Gasteiger partial charge in [-0.15, -0.1) is 0 Å². The molecule has 2 aromatic rings. The minimum absolute atomic E-state index is 0.0336. The second-order valence-electron chi connectivity index (χ2n) is 4.51. The highest BCUT2D eigenvalue weighted by atomic mass is 16.2. The lowest BCUT2D eigenvalue weighted by atomic mass is 9.92. The first-order valence-electron chi connectivity index (χ1n) is 5.84. The first kappa shape index (κ1) is 11.7. The topological polar surface area (TPSA) is 102 Å². The number of aryl methyl sites for hydroxylation is 1. The van der Waals surface area contributed by atoms with Gasteiger partial charge in [-0.1, -0.05) is 18.2 Å². The average molecular weight is 259 g/mol. The molecule has 1 aliphatic rings. The van der Waals surface area contributed by atoms with Gasteiger partial charge in [0.2, 0.25) is 0 Å². The van der Waals surface area contributed by atoms with Crippen molar-refractivity contribution in [2.24, 2.45) is 12.8 Å². The molecular weight excluding hydrogens is 246 g/mol. The van der Waals surface area contributed by atoms with Crippen LogP contribution in [0.25, 0.3) is 10.9 Å². The Bertz CT molecular complexity index is 692. The summed E-state index contributed by atoms with van der Waals surface area (Å²) in [6.45, 7) is -0.0336. The first-order valence-corrected chi connectivity index (χ1v) is 5.84. The summed E-state index contributed by atoms with van der Waals surface area (Å²) in [6, 6.07) is 6.87. The molecule has 7 heteroatoms. The van der Waals surface area contributed by atoms with Crippen molar-refractivity contribution >= 4 is 22.8 Å². The Kier molecular flexibility index (Phi) is 2.33. The lowest BCUT2D eigenvalue weighted by Gasteiger charge is -2.24. The Hall–Kier alpha value is -2.41. The van der Waals surface area contributed by atoms with Crippen molar-refractivity contribution in [1.82, 2.24) is 20.4 Å². The standard InChI is InChI=1S/C12H13N5O2/c1-17-9(7-4-2-3-5-8(7)16-17)12(6-13)10(18)14-11(19)15-12/h2-5H,6,13H2,1H3,(H2,14,15,18,19)/t12-/m1/s1. The largest absolute Gasteiger partial charge is 0.327 e. The van der Waals surface area contributed by atoms with Gasteiger partial charge in [-0.25, -0.2) is 4.79 Å². The molecule has 0 unspecified atom stereocenters. The molecule has 7 nitrogen and oxygen atoms in total. The molecule has 2 heterocycles. The summed E-state index contributed by atoms with van der Waals surface area (Å²) < 4.78 is 1.59. The van der Waals surface area contributed by atoms with Gasteiger partial charge in [-0.2, -0.15) is 5.10 Å². The molecule has 19 heavy (non-hydrogen) atoms.